The molecule has 42 heavy (non-hydrogen) atoms. The van der Waals surface area contributed by atoms with Crippen molar-refractivity contribution in [3.8, 4) is 0 Å². The van der Waals surface area contributed by atoms with Gasteiger partial charge in [0.05, 0.1) is 5.75 Å². The van der Waals surface area contributed by atoms with Crippen LogP contribution in [0.4, 0.5) is 0 Å². The van der Waals surface area contributed by atoms with Gasteiger partial charge in [0.15, 0.2) is 11.3 Å². The van der Waals surface area contributed by atoms with E-state index in [4.69, 9.17) is 4.74 Å². The minimum absolute atomic E-state index is 0.158. The van der Waals surface area contributed by atoms with Gasteiger partial charge in [-0.3, -0.25) is 19.6 Å². The molecule has 2 aliphatic heterocycles. The van der Waals surface area contributed by atoms with Gasteiger partial charge in [-0.05, 0) is 23.3 Å². The summed E-state index contributed by atoms with van der Waals surface area (Å²) in [5.41, 5.74) is 1.77. The van der Waals surface area contributed by atoms with E-state index in [-0.39, 0.29) is 23.3 Å². The fourth-order valence-electron chi connectivity index (χ4n) is 4.65. The molecule has 9 nitrogen and oxygen atoms in total. The van der Waals surface area contributed by atoms with Crippen molar-refractivity contribution in [2.75, 3.05) is 11.5 Å². The van der Waals surface area contributed by atoms with E-state index in [1.165, 1.54) is 46.5 Å². The lowest BCUT2D eigenvalue weighted by Crippen LogP contribution is -2.70. The first-order valence-corrected chi connectivity index (χ1v) is 15.9. The predicted octanol–water partition coefficient (Wildman–Crippen LogP) is 4.63. The molecule has 0 spiro atoms. The summed E-state index contributed by atoms with van der Waals surface area (Å²) >= 11 is 4.11. The number of benzene rings is 3. The van der Waals surface area contributed by atoms with Crippen molar-refractivity contribution in [3.05, 3.63) is 119 Å². The molecule has 1 aromatic heterocycles. The molecule has 0 saturated carbocycles. The Balaban J connectivity index is 1.24. The van der Waals surface area contributed by atoms with Crippen LogP contribution >= 0.6 is 35.3 Å². The number of hydrogen-bond donors (Lipinski definition) is 2. The molecule has 0 bridgehead atoms. The predicted molar refractivity (Wildman–Crippen MR) is 162 cm³/mol. The van der Waals surface area contributed by atoms with E-state index in [0.717, 1.165) is 16.0 Å². The van der Waals surface area contributed by atoms with Crippen LogP contribution in [-0.4, -0.2) is 60.8 Å². The maximum absolute atomic E-state index is 14.0. The Morgan fingerprint density at radius 3 is 2.26 bits per heavy atom. The summed E-state index contributed by atoms with van der Waals surface area (Å²) in [4.78, 5) is 47.4. The first-order chi connectivity index (χ1) is 20.6. The van der Waals surface area contributed by atoms with Crippen molar-refractivity contribution in [1.82, 2.24) is 25.4 Å². The third kappa shape index (κ3) is 6.10. The number of carbonyl (C=O) groups excluding carboxylic acids is 3. The van der Waals surface area contributed by atoms with Gasteiger partial charge in [0.1, 0.15) is 23.4 Å². The van der Waals surface area contributed by atoms with Gasteiger partial charge in [-0.2, -0.15) is 5.10 Å². The number of H-pyrrole nitrogens is 1. The van der Waals surface area contributed by atoms with Crippen molar-refractivity contribution >= 4 is 53.1 Å². The number of β-lactam (4-membered cyclic amide) rings is 1. The number of rotatable bonds is 10. The van der Waals surface area contributed by atoms with Crippen molar-refractivity contribution in [1.29, 1.82) is 0 Å². The molecule has 2 atom stereocenters. The molecular weight excluding hydrogens is 591 g/mol. The number of thioether (sulfide) groups is 3. The molecule has 2 amide bonds. The van der Waals surface area contributed by atoms with Crippen molar-refractivity contribution in [2.24, 2.45) is 0 Å². The van der Waals surface area contributed by atoms with E-state index < -0.39 is 23.5 Å². The first kappa shape index (κ1) is 28.1. The molecule has 0 aliphatic carbocycles. The molecule has 0 unspecified atom stereocenters. The van der Waals surface area contributed by atoms with Gasteiger partial charge in [-0.1, -0.05) is 90.6 Å². The summed E-state index contributed by atoms with van der Waals surface area (Å²) in [6.07, 6.45) is 0.702. The number of amides is 2. The zero-order valence-corrected chi connectivity index (χ0v) is 24.5. The monoisotopic (exact) mass is 615 g/mol. The molecule has 2 N–H and O–H groups in total. The highest BCUT2D eigenvalue weighted by molar-refractivity contribution is 8.06. The lowest BCUT2D eigenvalue weighted by Gasteiger charge is -2.49. The van der Waals surface area contributed by atoms with Crippen molar-refractivity contribution in [2.45, 2.75) is 27.6 Å². The Kier molecular flexibility index (Phi) is 8.63. The molecule has 4 aromatic rings. The first-order valence-electron chi connectivity index (χ1n) is 13.1. The second-order valence-corrected chi connectivity index (χ2v) is 12.6. The summed E-state index contributed by atoms with van der Waals surface area (Å²) < 4.78 is 6.17. The van der Waals surface area contributed by atoms with Crippen LogP contribution in [-0.2, 0) is 19.1 Å². The van der Waals surface area contributed by atoms with Crippen LogP contribution in [0.1, 0.15) is 17.2 Å². The SMILES string of the molecule is O=C(CSc1ccccc1)N[C@@H]1C(=O)N2C(C(=O)OC(c3ccccc3)c3ccccc3)=C(Sc3ncn[nH]3)CS[C@@H]12. The minimum Gasteiger partial charge on any atom is -0.448 e. The van der Waals surface area contributed by atoms with Crippen LogP contribution < -0.4 is 5.32 Å². The standard InChI is InChI=1S/C30H25N5O4S3/c36-23(17-40-21-14-8-3-9-15-21)33-24-27(37)35-25(22(16-41-28(24)35)42-30-31-18-32-34-30)29(38)39-26(19-10-4-1-5-11-19)20-12-6-2-7-13-20/h1-15,18,24,26,28H,16-17H2,(H,33,36)(H,31,32,34)/t24-,28+/m1/s1. The molecule has 3 heterocycles. The van der Waals surface area contributed by atoms with Gasteiger partial charge in [-0.25, -0.2) is 9.78 Å². The Labute approximate surface area is 254 Å². The Morgan fingerprint density at radius 2 is 1.64 bits per heavy atom. The average molecular weight is 616 g/mol. The fourth-order valence-corrected chi connectivity index (χ4v) is 7.72. The molecule has 212 valence electrons. The normalized spacial score (nSPS) is 17.9. The smallest absolute Gasteiger partial charge is 0.356 e. The molecule has 0 radical (unpaired) electrons. The largest absolute Gasteiger partial charge is 0.448 e. The maximum Gasteiger partial charge on any atom is 0.356 e. The molecule has 1 fully saturated rings. The lowest BCUT2D eigenvalue weighted by molar-refractivity contribution is -0.154. The second-order valence-electron chi connectivity index (χ2n) is 9.33. The highest BCUT2D eigenvalue weighted by Crippen LogP contribution is 2.45. The number of fused-ring (bicyclic) bond motifs is 1. The molecular formula is C30H25N5O4S3. The molecule has 2 aliphatic rings. The topological polar surface area (TPSA) is 117 Å². The van der Waals surface area contributed by atoms with Crippen molar-refractivity contribution in [3.63, 3.8) is 0 Å². The fraction of sp³-hybridized carbons (Fsp3) is 0.167. The Morgan fingerprint density at radius 1 is 1.00 bits per heavy atom. The van der Waals surface area contributed by atoms with E-state index in [1.54, 1.807) is 0 Å². The van der Waals surface area contributed by atoms with E-state index >= 15 is 0 Å². The number of ether oxygens (including phenoxy) is 1. The number of nitrogens with zero attached hydrogens (tertiary/aromatic N) is 3. The Hall–Kier alpha value is -4.00. The highest BCUT2D eigenvalue weighted by Gasteiger charge is 2.55. The van der Waals surface area contributed by atoms with Crippen LogP contribution in [0.25, 0.3) is 0 Å². The van der Waals surface area contributed by atoms with Crippen LogP contribution in [0.15, 0.2) is 118 Å². The average Bonchev–Trinajstić information content (AvgIpc) is 3.55. The van der Waals surface area contributed by atoms with E-state index in [1.807, 2.05) is 91.0 Å². The van der Waals surface area contributed by atoms with Crippen molar-refractivity contribution < 1.29 is 19.1 Å². The summed E-state index contributed by atoms with van der Waals surface area (Å²) in [6, 6.07) is 27.8. The van der Waals surface area contributed by atoms with Crippen LogP contribution in [0, 0.1) is 0 Å². The number of hydrogen-bond acceptors (Lipinski definition) is 9. The quantitative estimate of drug-likeness (QED) is 0.150. The molecule has 12 heteroatoms. The van der Waals surface area contributed by atoms with Gasteiger partial charge in [0.25, 0.3) is 5.91 Å². The third-order valence-corrected chi connectivity index (χ3v) is 10.0. The zero-order chi connectivity index (χ0) is 28.9. The number of carbonyl (C=O) groups is 3. The Bertz CT molecular complexity index is 1550. The summed E-state index contributed by atoms with van der Waals surface area (Å²) in [7, 11) is 0. The van der Waals surface area contributed by atoms with Gasteiger partial charge in [0.2, 0.25) is 5.91 Å². The number of aromatic amines is 1. The number of aromatic nitrogens is 3. The molecule has 1 saturated heterocycles. The van der Waals surface area contributed by atoms with Gasteiger partial charge in [-0.15, -0.1) is 23.5 Å². The molecule has 6 rings (SSSR count). The third-order valence-electron chi connectivity index (χ3n) is 6.60. The van der Waals surface area contributed by atoms with Gasteiger partial charge < -0.3 is 10.1 Å². The lowest BCUT2D eigenvalue weighted by atomic mass is 10.0. The summed E-state index contributed by atoms with van der Waals surface area (Å²) in [5.74, 6) is -0.623. The molecule has 3 aromatic carbocycles. The summed E-state index contributed by atoms with van der Waals surface area (Å²) in [5, 5.41) is 9.62. The van der Waals surface area contributed by atoms with E-state index in [2.05, 4.69) is 20.5 Å². The van der Waals surface area contributed by atoms with E-state index in [9.17, 15) is 14.4 Å². The zero-order valence-electron chi connectivity index (χ0n) is 22.1. The number of esters is 1. The van der Waals surface area contributed by atoms with Crippen LogP contribution in [0.2, 0.25) is 0 Å². The van der Waals surface area contributed by atoms with E-state index in [0.29, 0.717) is 15.8 Å². The highest BCUT2D eigenvalue weighted by atomic mass is 32.2. The second kappa shape index (κ2) is 12.9. The van der Waals surface area contributed by atoms with Gasteiger partial charge >= 0.3 is 5.97 Å². The summed E-state index contributed by atoms with van der Waals surface area (Å²) in [6.45, 7) is 0. The maximum atomic E-state index is 14.0. The minimum atomic E-state index is -0.738. The number of nitrogens with one attached hydrogen (secondary N) is 2. The van der Waals surface area contributed by atoms with Crippen LogP contribution in [0.3, 0.4) is 0 Å². The van der Waals surface area contributed by atoms with Gasteiger partial charge in [0, 0.05) is 15.6 Å². The van der Waals surface area contributed by atoms with Crippen LogP contribution in [0.5, 0.6) is 0 Å².